The Hall–Kier alpha value is -0.410. The molecule has 0 saturated heterocycles. The van der Waals surface area contributed by atoms with Crippen molar-refractivity contribution in [3.63, 3.8) is 0 Å². The van der Waals surface area contributed by atoms with Crippen LogP contribution < -0.4 is 0 Å². The molecule has 0 spiro atoms. The quantitative estimate of drug-likeness (QED) is 0.723. The standard InChI is InChI=1S/C19H30O3/c1-18-7-5-11(20)9-15(18)16(21)10-12-13-3-4-17(22)19(13,2)8-6-14(12)18/h12-17,21-22H,3-10H2,1-2H3/t12-,13-,14-,15?,16?,17-,18+,19-/m0/s1. The van der Waals surface area contributed by atoms with E-state index in [1.807, 2.05) is 0 Å². The minimum atomic E-state index is -0.324. The molecule has 2 N–H and O–H groups in total. The third-order valence-corrected chi connectivity index (χ3v) is 8.45. The van der Waals surface area contributed by atoms with Gasteiger partial charge >= 0.3 is 0 Å². The number of aliphatic hydroxyl groups excluding tert-OH is 2. The summed E-state index contributed by atoms with van der Waals surface area (Å²) in [4.78, 5) is 11.9. The summed E-state index contributed by atoms with van der Waals surface area (Å²) >= 11 is 0. The van der Waals surface area contributed by atoms with Crippen LogP contribution in [0.2, 0.25) is 0 Å². The van der Waals surface area contributed by atoms with Crippen LogP contribution in [0, 0.1) is 34.5 Å². The van der Waals surface area contributed by atoms with E-state index in [9.17, 15) is 15.0 Å². The monoisotopic (exact) mass is 306 g/mol. The van der Waals surface area contributed by atoms with Crippen molar-refractivity contribution < 1.29 is 15.0 Å². The lowest BCUT2D eigenvalue weighted by Crippen LogP contribution is -2.58. The fraction of sp³-hybridized carbons (Fsp3) is 0.947. The lowest BCUT2D eigenvalue weighted by atomic mass is 9.44. The lowest BCUT2D eigenvalue weighted by molar-refractivity contribution is -0.168. The van der Waals surface area contributed by atoms with Gasteiger partial charge in [-0.3, -0.25) is 4.79 Å². The highest BCUT2D eigenvalue weighted by atomic mass is 16.3. The van der Waals surface area contributed by atoms with E-state index in [0.717, 1.165) is 32.1 Å². The summed E-state index contributed by atoms with van der Waals surface area (Å²) < 4.78 is 0. The lowest BCUT2D eigenvalue weighted by Gasteiger charge is -2.61. The third kappa shape index (κ3) is 1.84. The molecule has 4 rings (SSSR count). The van der Waals surface area contributed by atoms with Crippen LogP contribution in [-0.2, 0) is 4.79 Å². The van der Waals surface area contributed by atoms with Crippen LogP contribution in [0.4, 0.5) is 0 Å². The van der Waals surface area contributed by atoms with Gasteiger partial charge in [0.25, 0.3) is 0 Å². The number of hydrogen-bond donors (Lipinski definition) is 2. The normalized spacial score (nSPS) is 57.9. The van der Waals surface area contributed by atoms with Gasteiger partial charge in [0.2, 0.25) is 0 Å². The van der Waals surface area contributed by atoms with Gasteiger partial charge in [-0.2, -0.15) is 0 Å². The summed E-state index contributed by atoms with van der Waals surface area (Å²) in [6.45, 7) is 4.62. The predicted molar refractivity (Wildman–Crippen MR) is 84.1 cm³/mol. The van der Waals surface area contributed by atoms with Crippen LogP contribution in [0.1, 0.15) is 65.2 Å². The number of Topliss-reactive ketones (excluding diaryl/α,β-unsaturated/α-hetero) is 1. The second-order valence-electron chi connectivity index (χ2n) is 9.17. The summed E-state index contributed by atoms with van der Waals surface area (Å²) in [6.07, 6.45) is 6.95. The molecule has 2 unspecified atom stereocenters. The Labute approximate surface area is 133 Å². The highest BCUT2D eigenvalue weighted by Gasteiger charge is 2.61. The minimum absolute atomic E-state index is 0.0641. The van der Waals surface area contributed by atoms with Crippen molar-refractivity contribution in [1.82, 2.24) is 0 Å². The van der Waals surface area contributed by atoms with E-state index in [4.69, 9.17) is 0 Å². The SMILES string of the molecule is C[C@]12CC[C@H]3[C@@H](CC(O)C4CC(=O)CC[C@@]43C)[C@@H]1CC[C@@H]2O. The van der Waals surface area contributed by atoms with Gasteiger partial charge in [-0.15, -0.1) is 0 Å². The molecule has 0 aromatic heterocycles. The van der Waals surface area contributed by atoms with Crippen LogP contribution in [0.3, 0.4) is 0 Å². The van der Waals surface area contributed by atoms with Gasteiger partial charge in [0.15, 0.2) is 0 Å². The number of rotatable bonds is 0. The van der Waals surface area contributed by atoms with Gasteiger partial charge in [-0.05, 0) is 73.0 Å². The average Bonchev–Trinajstić information content (AvgIpc) is 2.77. The van der Waals surface area contributed by atoms with Crippen molar-refractivity contribution in [2.45, 2.75) is 77.4 Å². The Morgan fingerprint density at radius 3 is 2.45 bits per heavy atom. The van der Waals surface area contributed by atoms with Crippen molar-refractivity contribution >= 4 is 5.78 Å². The fourth-order valence-electron chi connectivity index (χ4n) is 7.06. The molecule has 124 valence electrons. The summed E-state index contributed by atoms with van der Waals surface area (Å²) in [5.41, 5.74) is 0.194. The minimum Gasteiger partial charge on any atom is -0.393 e. The van der Waals surface area contributed by atoms with Crippen LogP contribution in [0.5, 0.6) is 0 Å². The molecule has 0 bridgehead atoms. The number of aliphatic hydroxyl groups is 2. The van der Waals surface area contributed by atoms with Crippen molar-refractivity contribution in [3.8, 4) is 0 Å². The number of carbonyl (C=O) groups excluding carboxylic acids is 1. The van der Waals surface area contributed by atoms with Gasteiger partial charge in [0, 0.05) is 12.8 Å². The number of hydrogen-bond acceptors (Lipinski definition) is 3. The van der Waals surface area contributed by atoms with E-state index in [1.54, 1.807) is 0 Å². The molecule has 3 heteroatoms. The molecule has 0 heterocycles. The first-order valence-electron chi connectivity index (χ1n) is 9.24. The zero-order chi connectivity index (χ0) is 15.7. The molecule has 0 radical (unpaired) electrons. The molecule has 0 aromatic rings. The first-order chi connectivity index (χ1) is 10.4. The zero-order valence-corrected chi connectivity index (χ0v) is 13.9. The van der Waals surface area contributed by atoms with Gasteiger partial charge in [-0.1, -0.05) is 13.8 Å². The highest BCUT2D eigenvalue weighted by Crippen LogP contribution is 2.65. The Bertz CT molecular complexity index is 489. The Balaban J connectivity index is 1.68. The summed E-state index contributed by atoms with van der Waals surface area (Å²) in [6, 6.07) is 0. The average molecular weight is 306 g/mol. The second kappa shape index (κ2) is 4.80. The first kappa shape index (κ1) is 15.1. The van der Waals surface area contributed by atoms with Crippen molar-refractivity contribution in [2.75, 3.05) is 0 Å². The zero-order valence-electron chi connectivity index (χ0n) is 13.9. The van der Waals surface area contributed by atoms with Gasteiger partial charge < -0.3 is 10.2 Å². The van der Waals surface area contributed by atoms with E-state index in [-0.39, 0.29) is 29.0 Å². The molecular formula is C19H30O3. The Kier molecular flexibility index (Phi) is 3.30. The molecule has 0 aromatic carbocycles. The topological polar surface area (TPSA) is 57.5 Å². The van der Waals surface area contributed by atoms with E-state index >= 15 is 0 Å². The molecular weight excluding hydrogens is 276 g/mol. The van der Waals surface area contributed by atoms with Gasteiger partial charge in [0.1, 0.15) is 5.78 Å². The summed E-state index contributed by atoms with van der Waals surface area (Å²) in [7, 11) is 0. The molecule has 8 atom stereocenters. The summed E-state index contributed by atoms with van der Waals surface area (Å²) in [5, 5.41) is 21.2. The molecule has 4 saturated carbocycles. The molecule has 0 aliphatic heterocycles. The maximum Gasteiger partial charge on any atom is 0.133 e. The van der Waals surface area contributed by atoms with Crippen LogP contribution >= 0.6 is 0 Å². The van der Waals surface area contributed by atoms with Gasteiger partial charge in [-0.25, -0.2) is 0 Å². The highest BCUT2D eigenvalue weighted by molar-refractivity contribution is 5.79. The van der Waals surface area contributed by atoms with Crippen molar-refractivity contribution in [3.05, 3.63) is 0 Å². The molecule has 0 amide bonds. The first-order valence-corrected chi connectivity index (χ1v) is 9.24. The molecule has 3 nitrogen and oxygen atoms in total. The largest absolute Gasteiger partial charge is 0.393 e. The van der Waals surface area contributed by atoms with Crippen LogP contribution in [-0.4, -0.2) is 28.2 Å². The van der Waals surface area contributed by atoms with Crippen molar-refractivity contribution in [2.24, 2.45) is 34.5 Å². The second-order valence-corrected chi connectivity index (χ2v) is 9.17. The maximum absolute atomic E-state index is 11.9. The van der Waals surface area contributed by atoms with E-state index in [0.29, 0.717) is 36.4 Å². The van der Waals surface area contributed by atoms with E-state index < -0.39 is 0 Å². The molecule has 4 fully saturated rings. The fourth-order valence-corrected chi connectivity index (χ4v) is 7.06. The van der Waals surface area contributed by atoms with E-state index in [2.05, 4.69) is 13.8 Å². The van der Waals surface area contributed by atoms with Crippen molar-refractivity contribution in [1.29, 1.82) is 0 Å². The molecule has 22 heavy (non-hydrogen) atoms. The Morgan fingerprint density at radius 1 is 0.955 bits per heavy atom. The van der Waals surface area contributed by atoms with Gasteiger partial charge in [0.05, 0.1) is 12.2 Å². The third-order valence-electron chi connectivity index (χ3n) is 8.45. The molecule has 4 aliphatic rings. The number of fused-ring (bicyclic) bond motifs is 5. The number of carbonyl (C=O) groups is 1. The van der Waals surface area contributed by atoms with Crippen LogP contribution in [0.15, 0.2) is 0 Å². The predicted octanol–water partition coefficient (Wildman–Crippen LogP) is 2.93. The molecule has 4 aliphatic carbocycles. The van der Waals surface area contributed by atoms with Crippen LogP contribution in [0.25, 0.3) is 0 Å². The number of ketones is 1. The maximum atomic E-state index is 11.9. The summed E-state index contributed by atoms with van der Waals surface area (Å²) in [5.74, 6) is 2.26. The van der Waals surface area contributed by atoms with E-state index in [1.165, 1.54) is 6.42 Å². The smallest absolute Gasteiger partial charge is 0.133 e. The Morgan fingerprint density at radius 2 is 1.68 bits per heavy atom.